The van der Waals surface area contributed by atoms with Gasteiger partial charge in [0.05, 0.1) is 17.0 Å². The number of nitrogens with one attached hydrogen (secondary N) is 1. The van der Waals surface area contributed by atoms with Crippen LogP contribution in [0.15, 0.2) is 41.0 Å². The Hall–Kier alpha value is -1.85. The maximum atomic E-state index is 12.9. The number of hydrogen-bond donors (Lipinski definition) is 2. The highest BCUT2D eigenvalue weighted by Crippen LogP contribution is 2.22. The van der Waals surface area contributed by atoms with Gasteiger partial charge in [0.1, 0.15) is 11.9 Å². The fourth-order valence-corrected chi connectivity index (χ4v) is 1.96. The second-order valence-electron chi connectivity index (χ2n) is 4.42. The first kappa shape index (κ1) is 14.6. The highest BCUT2D eigenvalue weighted by molar-refractivity contribution is 6.33. The van der Waals surface area contributed by atoms with Crippen LogP contribution >= 0.6 is 11.6 Å². The molecule has 6 heteroatoms. The molecule has 2 aromatic rings. The number of quaternary nitrogens is 1. The van der Waals surface area contributed by atoms with Crippen molar-refractivity contribution in [2.45, 2.75) is 13.0 Å². The largest absolute Gasteiger partial charge is 0.463 e. The topological polar surface area (TPSA) is 58.9 Å². The molecule has 0 fully saturated rings. The lowest BCUT2D eigenvalue weighted by Gasteiger charge is -2.09. The van der Waals surface area contributed by atoms with E-state index in [0.717, 1.165) is 11.8 Å². The van der Waals surface area contributed by atoms with E-state index >= 15 is 0 Å². The molecule has 4 nitrogen and oxygen atoms in total. The SMILES string of the molecule is C[C@H]([NH2+]CC(=O)Nc1ccc(F)cc1Cl)c1ccco1. The van der Waals surface area contributed by atoms with Gasteiger partial charge in [-0.05, 0) is 37.3 Å². The fraction of sp³-hybridized carbons (Fsp3) is 0.214. The van der Waals surface area contributed by atoms with E-state index in [1.54, 1.807) is 12.3 Å². The molecule has 0 saturated heterocycles. The van der Waals surface area contributed by atoms with Gasteiger partial charge in [-0.25, -0.2) is 4.39 Å². The molecule has 0 aliphatic carbocycles. The van der Waals surface area contributed by atoms with Crippen molar-refractivity contribution in [3.8, 4) is 0 Å². The zero-order valence-corrected chi connectivity index (χ0v) is 11.7. The molecule has 0 saturated carbocycles. The van der Waals surface area contributed by atoms with Crippen LogP contribution in [0.25, 0.3) is 0 Å². The Bertz CT molecular complexity index is 587. The first-order valence-electron chi connectivity index (χ1n) is 6.18. The standard InChI is InChI=1S/C14H14ClFN2O2/c1-9(13-3-2-6-20-13)17-8-14(19)18-12-5-4-10(16)7-11(12)15/h2-7,9,17H,8H2,1H3,(H,18,19)/p+1/t9-/m0/s1. The summed E-state index contributed by atoms with van der Waals surface area (Å²) in [6.07, 6.45) is 1.60. The second-order valence-corrected chi connectivity index (χ2v) is 4.82. The van der Waals surface area contributed by atoms with Gasteiger partial charge in [-0.1, -0.05) is 11.6 Å². The van der Waals surface area contributed by atoms with Gasteiger partial charge in [-0.3, -0.25) is 4.79 Å². The van der Waals surface area contributed by atoms with Crippen molar-refractivity contribution >= 4 is 23.2 Å². The number of rotatable bonds is 5. The minimum atomic E-state index is -0.439. The van der Waals surface area contributed by atoms with Crippen LogP contribution in [-0.2, 0) is 4.79 Å². The number of hydrogen-bond acceptors (Lipinski definition) is 2. The van der Waals surface area contributed by atoms with Crippen molar-refractivity contribution in [1.29, 1.82) is 0 Å². The van der Waals surface area contributed by atoms with Crippen LogP contribution in [0.5, 0.6) is 0 Å². The van der Waals surface area contributed by atoms with Crippen molar-refractivity contribution in [2.75, 3.05) is 11.9 Å². The van der Waals surface area contributed by atoms with Crippen molar-refractivity contribution in [2.24, 2.45) is 0 Å². The average Bonchev–Trinajstić information content (AvgIpc) is 2.93. The van der Waals surface area contributed by atoms with E-state index in [1.807, 2.05) is 18.3 Å². The molecule has 2 rings (SSSR count). The van der Waals surface area contributed by atoms with Crippen molar-refractivity contribution in [3.05, 3.63) is 53.2 Å². The molecule has 0 aliphatic heterocycles. The first-order chi connectivity index (χ1) is 9.56. The first-order valence-corrected chi connectivity index (χ1v) is 6.55. The summed E-state index contributed by atoms with van der Waals surface area (Å²) >= 11 is 5.84. The summed E-state index contributed by atoms with van der Waals surface area (Å²) in [5, 5.41) is 4.66. The molecule has 1 heterocycles. The summed E-state index contributed by atoms with van der Waals surface area (Å²) in [6, 6.07) is 7.54. The van der Waals surface area contributed by atoms with Gasteiger partial charge in [0.15, 0.2) is 12.3 Å². The van der Waals surface area contributed by atoms with Crippen LogP contribution in [0.2, 0.25) is 5.02 Å². The molecule has 106 valence electrons. The monoisotopic (exact) mass is 297 g/mol. The second kappa shape index (κ2) is 6.54. The molecular formula is C14H15ClFN2O2+. The van der Waals surface area contributed by atoms with E-state index in [1.165, 1.54) is 12.1 Å². The molecule has 3 N–H and O–H groups in total. The number of anilines is 1. The third kappa shape index (κ3) is 3.82. The van der Waals surface area contributed by atoms with Gasteiger partial charge in [-0.2, -0.15) is 0 Å². The van der Waals surface area contributed by atoms with Crippen LogP contribution < -0.4 is 10.6 Å². The predicted molar refractivity (Wildman–Crippen MR) is 74.0 cm³/mol. The molecule has 0 radical (unpaired) electrons. The summed E-state index contributed by atoms with van der Waals surface area (Å²) in [4.78, 5) is 11.8. The number of furan rings is 1. The molecule has 1 amide bonds. The Morgan fingerprint density at radius 1 is 1.50 bits per heavy atom. The molecule has 1 aromatic heterocycles. The van der Waals surface area contributed by atoms with Gasteiger partial charge < -0.3 is 15.1 Å². The van der Waals surface area contributed by atoms with Gasteiger partial charge >= 0.3 is 0 Å². The van der Waals surface area contributed by atoms with Crippen molar-refractivity contribution < 1.29 is 18.9 Å². The van der Waals surface area contributed by atoms with Gasteiger partial charge in [0.25, 0.3) is 5.91 Å². The minimum Gasteiger partial charge on any atom is -0.463 e. The average molecular weight is 298 g/mol. The number of halogens is 2. The zero-order chi connectivity index (χ0) is 14.5. The van der Waals surface area contributed by atoms with E-state index in [2.05, 4.69) is 5.32 Å². The summed E-state index contributed by atoms with van der Waals surface area (Å²) in [5.74, 6) is 0.153. The Morgan fingerprint density at radius 2 is 2.30 bits per heavy atom. The Balaban J connectivity index is 1.86. The van der Waals surface area contributed by atoms with Crippen LogP contribution in [0, 0.1) is 5.82 Å². The van der Waals surface area contributed by atoms with Crippen LogP contribution in [0.3, 0.4) is 0 Å². The molecule has 1 aromatic carbocycles. The smallest absolute Gasteiger partial charge is 0.279 e. The fourth-order valence-electron chi connectivity index (χ4n) is 1.74. The summed E-state index contributed by atoms with van der Waals surface area (Å²) in [5.41, 5.74) is 0.400. The Morgan fingerprint density at radius 3 is 2.95 bits per heavy atom. The summed E-state index contributed by atoms with van der Waals surface area (Å²) in [6.45, 7) is 2.16. The van der Waals surface area contributed by atoms with Crippen LogP contribution in [0.4, 0.5) is 10.1 Å². The quantitative estimate of drug-likeness (QED) is 0.890. The van der Waals surface area contributed by atoms with Crippen LogP contribution in [0.1, 0.15) is 18.7 Å². The lowest BCUT2D eigenvalue weighted by Crippen LogP contribution is -2.86. The van der Waals surface area contributed by atoms with Crippen molar-refractivity contribution in [1.82, 2.24) is 0 Å². The lowest BCUT2D eigenvalue weighted by molar-refractivity contribution is -0.684. The third-order valence-electron chi connectivity index (χ3n) is 2.85. The summed E-state index contributed by atoms with van der Waals surface area (Å²) < 4.78 is 18.1. The van der Waals surface area contributed by atoms with E-state index in [-0.39, 0.29) is 23.5 Å². The number of benzene rings is 1. The van der Waals surface area contributed by atoms with E-state index < -0.39 is 5.82 Å². The lowest BCUT2D eigenvalue weighted by atomic mass is 10.2. The van der Waals surface area contributed by atoms with E-state index in [9.17, 15) is 9.18 Å². The summed E-state index contributed by atoms with van der Waals surface area (Å²) in [7, 11) is 0. The van der Waals surface area contributed by atoms with E-state index in [0.29, 0.717) is 5.69 Å². The zero-order valence-electron chi connectivity index (χ0n) is 10.9. The normalized spacial score (nSPS) is 12.2. The number of carbonyl (C=O) groups is 1. The highest BCUT2D eigenvalue weighted by atomic mass is 35.5. The number of amides is 1. The van der Waals surface area contributed by atoms with Gasteiger partial charge in [0.2, 0.25) is 0 Å². The number of nitrogens with two attached hydrogens (primary N) is 1. The van der Waals surface area contributed by atoms with Crippen LogP contribution in [-0.4, -0.2) is 12.5 Å². The highest BCUT2D eigenvalue weighted by Gasteiger charge is 2.14. The Labute approximate surface area is 120 Å². The molecular weight excluding hydrogens is 283 g/mol. The predicted octanol–water partition coefficient (Wildman–Crippen LogP) is 2.34. The molecule has 1 atom stereocenters. The Kier molecular flexibility index (Phi) is 4.76. The molecule has 0 bridgehead atoms. The molecule has 20 heavy (non-hydrogen) atoms. The minimum absolute atomic E-state index is 0.0411. The van der Waals surface area contributed by atoms with Gasteiger partial charge in [-0.15, -0.1) is 0 Å². The molecule has 0 unspecified atom stereocenters. The maximum Gasteiger partial charge on any atom is 0.279 e. The van der Waals surface area contributed by atoms with Crippen molar-refractivity contribution in [3.63, 3.8) is 0 Å². The third-order valence-corrected chi connectivity index (χ3v) is 3.17. The number of carbonyl (C=O) groups excluding carboxylic acids is 1. The van der Waals surface area contributed by atoms with Gasteiger partial charge in [0, 0.05) is 0 Å². The molecule has 0 spiro atoms. The maximum absolute atomic E-state index is 12.9. The molecule has 0 aliphatic rings. The van der Waals surface area contributed by atoms with E-state index in [4.69, 9.17) is 16.0 Å².